The number of allylic oxidation sites excluding steroid dienone is 1. The highest BCUT2D eigenvalue weighted by Crippen LogP contribution is 2.43. The molecule has 0 N–H and O–H groups in total. The van der Waals surface area contributed by atoms with Crippen LogP contribution in [-0.2, 0) is 6.42 Å². The summed E-state index contributed by atoms with van der Waals surface area (Å²) in [6, 6.07) is 45.5. The summed E-state index contributed by atoms with van der Waals surface area (Å²) in [5.41, 5.74) is 14.8. The molecule has 0 spiro atoms. The molecule has 0 bridgehead atoms. The van der Waals surface area contributed by atoms with Crippen molar-refractivity contribution in [1.82, 2.24) is 15.0 Å². The number of rotatable bonds is 3. The van der Waals surface area contributed by atoms with E-state index < -0.39 is 0 Å². The molecule has 210 valence electrons. The van der Waals surface area contributed by atoms with E-state index in [-0.39, 0.29) is 0 Å². The van der Waals surface area contributed by atoms with Crippen molar-refractivity contribution >= 4 is 38.8 Å². The van der Waals surface area contributed by atoms with Crippen LogP contribution >= 0.6 is 0 Å². The minimum Gasteiger partial charge on any atom is -0.256 e. The van der Waals surface area contributed by atoms with Gasteiger partial charge in [0.15, 0.2) is 0 Å². The fraction of sp³-hybridized carbons (Fsp3) is 0.0238. The topological polar surface area (TPSA) is 38.7 Å². The smallest absolute Gasteiger partial charge is 0.0757 e. The first-order valence-corrected chi connectivity index (χ1v) is 15.3. The van der Waals surface area contributed by atoms with E-state index in [1.807, 2.05) is 24.5 Å². The van der Waals surface area contributed by atoms with Crippen molar-refractivity contribution in [3.63, 3.8) is 0 Å². The zero-order chi connectivity index (χ0) is 29.7. The van der Waals surface area contributed by atoms with E-state index in [0.29, 0.717) is 0 Å². The molecule has 0 saturated carbocycles. The van der Waals surface area contributed by atoms with Gasteiger partial charge in [-0.05, 0) is 112 Å². The molecule has 45 heavy (non-hydrogen) atoms. The zero-order valence-corrected chi connectivity index (χ0v) is 24.5. The summed E-state index contributed by atoms with van der Waals surface area (Å²) >= 11 is 0. The molecule has 0 amide bonds. The molecule has 0 radical (unpaired) electrons. The third kappa shape index (κ3) is 4.40. The Kier molecular flexibility index (Phi) is 5.88. The average molecular weight is 574 g/mol. The molecular formula is C42H27N3. The Morgan fingerprint density at radius 1 is 0.489 bits per heavy atom. The van der Waals surface area contributed by atoms with Crippen LogP contribution in [0.3, 0.4) is 0 Å². The van der Waals surface area contributed by atoms with Crippen LogP contribution in [0.15, 0.2) is 146 Å². The predicted octanol–water partition coefficient (Wildman–Crippen LogP) is 10.6. The Bertz CT molecular complexity index is 2380. The molecule has 0 atom stereocenters. The number of benzene rings is 5. The number of hydrogen-bond acceptors (Lipinski definition) is 3. The van der Waals surface area contributed by atoms with Gasteiger partial charge in [-0.2, -0.15) is 0 Å². The summed E-state index contributed by atoms with van der Waals surface area (Å²) in [6.45, 7) is 0. The molecule has 9 rings (SSSR count). The second-order valence-corrected chi connectivity index (χ2v) is 11.6. The van der Waals surface area contributed by atoms with E-state index in [0.717, 1.165) is 56.0 Å². The van der Waals surface area contributed by atoms with Crippen LogP contribution in [0.2, 0.25) is 0 Å². The van der Waals surface area contributed by atoms with Crippen molar-refractivity contribution in [2.24, 2.45) is 0 Å². The van der Waals surface area contributed by atoms with Gasteiger partial charge in [-0.3, -0.25) is 9.97 Å². The Morgan fingerprint density at radius 3 is 1.87 bits per heavy atom. The third-order valence-corrected chi connectivity index (χ3v) is 8.92. The normalized spacial score (nSPS) is 12.3. The maximum Gasteiger partial charge on any atom is 0.0757 e. The van der Waals surface area contributed by atoms with Crippen molar-refractivity contribution in [2.75, 3.05) is 0 Å². The number of aromatic nitrogens is 3. The predicted molar refractivity (Wildman–Crippen MR) is 187 cm³/mol. The van der Waals surface area contributed by atoms with E-state index >= 15 is 0 Å². The van der Waals surface area contributed by atoms with Gasteiger partial charge in [-0.15, -0.1) is 0 Å². The maximum atomic E-state index is 5.28. The van der Waals surface area contributed by atoms with Gasteiger partial charge in [0, 0.05) is 34.1 Å². The second-order valence-electron chi connectivity index (χ2n) is 11.6. The standard InChI is InChI=1S/C42H27N3/c1-2-12-35-27(8-1)9-5-14-37-41(36-13-3-4-15-40(36)45-42(35)37)34-25-32(28-16-18-38-30(22-28)10-6-20-43-38)24-33(26-34)29-17-19-39-31(23-29)11-7-21-44-39/h1-13,15-26H,14H2. The Balaban J connectivity index is 1.35. The average Bonchev–Trinajstić information content (AvgIpc) is 3.29. The number of hydrogen-bond donors (Lipinski definition) is 0. The third-order valence-electron chi connectivity index (χ3n) is 8.92. The Hall–Kier alpha value is -5.93. The van der Waals surface area contributed by atoms with Crippen LogP contribution in [0, 0.1) is 0 Å². The van der Waals surface area contributed by atoms with Gasteiger partial charge in [0.1, 0.15) is 0 Å². The first-order valence-electron chi connectivity index (χ1n) is 15.3. The van der Waals surface area contributed by atoms with Gasteiger partial charge >= 0.3 is 0 Å². The lowest BCUT2D eigenvalue weighted by Gasteiger charge is -2.19. The van der Waals surface area contributed by atoms with Gasteiger partial charge < -0.3 is 0 Å². The SMILES string of the molecule is C1=Cc2ccccc2-c2nc3ccccc3c(-c3cc(-c4ccc5ncccc5c4)cc(-c4ccc5ncccc5c4)c3)c2C1. The molecular weight excluding hydrogens is 546 g/mol. The highest BCUT2D eigenvalue weighted by molar-refractivity contribution is 6.02. The second kappa shape index (κ2) is 10.4. The van der Waals surface area contributed by atoms with Gasteiger partial charge in [0.25, 0.3) is 0 Å². The molecule has 1 aliphatic carbocycles. The van der Waals surface area contributed by atoms with Gasteiger partial charge in [0.05, 0.1) is 22.2 Å². The van der Waals surface area contributed by atoms with Gasteiger partial charge in [0.2, 0.25) is 0 Å². The van der Waals surface area contributed by atoms with Crippen molar-refractivity contribution in [1.29, 1.82) is 0 Å². The van der Waals surface area contributed by atoms with Gasteiger partial charge in [-0.25, -0.2) is 4.98 Å². The van der Waals surface area contributed by atoms with Crippen LogP contribution in [-0.4, -0.2) is 15.0 Å². The fourth-order valence-electron chi connectivity index (χ4n) is 6.78. The van der Waals surface area contributed by atoms with Crippen molar-refractivity contribution in [3.05, 3.63) is 157 Å². The van der Waals surface area contributed by atoms with Crippen LogP contribution in [0.25, 0.3) is 83.4 Å². The van der Waals surface area contributed by atoms with Gasteiger partial charge in [-0.1, -0.05) is 78.9 Å². The van der Waals surface area contributed by atoms with E-state index in [9.17, 15) is 0 Å². The molecule has 1 aliphatic rings. The zero-order valence-electron chi connectivity index (χ0n) is 24.5. The Morgan fingerprint density at radius 2 is 1.13 bits per heavy atom. The largest absolute Gasteiger partial charge is 0.256 e. The van der Waals surface area contributed by atoms with E-state index in [2.05, 4.69) is 137 Å². The van der Waals surface area contributed by atoms with Crippen molar-refractivity contribution < 1.29 is 0 Å². The molecule has 0 aliphatic heterocycles. The van der Waals surface area contributed by atoms with E-state index in [1.165, 1.54) is 38.9 Å². The molecule has 0 unspecified atom stereocenters. The van der Waals surface area contributed by atoms with Crippen LogP contribution < -0.4 is 0 Å². The molecule has 3 heteroatoms. The monoisotopic (exact) mass is 573 g/mol. The lowest BCUT2D eigenvalue weighted by molar-refractivity contribution is 1.24. The summed E-state index contributed by atoms with van der Waals surface area (Å²) in [6.07, 6.45) is 9.02. The molecule has 8 aromatic rings. The fourth-order valence-corrected chi connectivity index (χ4v) is 6.78. The summed E-state index contributed by atoms with van der Waals surface area (Å²) in [4.78, 5) is 14.4. The van der Waals surface area contributed by atoms with Crippen LogP contribution in [0.4, 0.5) is 0 Å². The number of pyridine rings is 3. The first-order chi connectivity index (χ1) is 22.3. The molecule has 3 nitrogen and oxygen atoms in total. The number of fused-ring (bicyclic) bond motifs is 6. The number of nitrogens with zero attached hydrogens (tertiary/aromatic N) is 3. The highest BCUT2D eigenvalue weighted by atomic mass is 14.7. The quantitative estimate of drug-likeness (QED) is 0.211. The van der Waals surface area contributed by atoms with Crippen LogP contribution in [0.1, 0.15) is 11.1 Å². The molecule has 3 aromatic heterocycles. The molecule has 0 saturated heterocycles. The summed E-state index contributed by atoms with van der Waals surface area (Å²) < 4.78 is 0. The van der Waals surface area contributed by atoms with Crippen molar-refractivity contribution in [3.8, 4) is 44.6 Å². The minimum absolute atomic E-state index is 0.806. The number of para-hydroxylation sites is 1. The highest BCUT2D eigenvalue weighted by Gasteiger charge is 2.21. The van der Waals surface area contributed by atoms with E-state index in [1.54, 1.807) is 0 Å². The maximum absolute atomic E-state index is 5.28. The van der Waals surface area contributed by atoms with Crippen molar-refractivity contribution in [2.45, 2.75) is 6.42 Å². The first kappa shape index (κ1) is 25.6. The summed E-state index contributed by atoms with van der Waals surface area (Å²) in [5.74, 6) is 0. The molecule has 3 heterocycles. The summed E-state index contributed by atoms with van der Waals surface area (Å²) in [7, 11) is 0. The van der Waals surface area contributed by atoms with Crippen LogP contribution in [0.5, 0.6) is 0 Å². The Labute approximate surface area is 261 Å². The molecule has 0 fully saturated rings. The van der Waals surface area contributed by atoms with E-state index in [4.69, 9.17) is 4.98 Å². The summed E-state index contributed by atoms with van der Waals surface area (Å²) in [5, 5.41) is 3.42. The minimum atomic E-state index is 0.806. The lowest BCUT2D eigenvalue weighted by Crippen LogP contribution is -1.99. The molecule has 5 aromatic carbocycles. The lowest BCUT2D eigenvalue weighted by atomic mass is 9.87.